The van der Waals surface area contributed by atoms with Crippen LogP contribution in [0.25, 0.3) is 21.8 Å². The highest BCUT2D eigenvalue weighted by atomic mass is 19.1. The van der Waals surface area contributed by atoms with Crippen LogP contribution in [-0.2, 0) is 7.05 Å². The quantitative estimate of drug-likeness (QED) is 0.369. The SMILES string of the molecule is COc1cc2c(cc1N)c(=O)n(C)c1cnc(Nc3ccc(F)c(N)c3)nc21. The molecule has 0 saturated heterocycles. The molecular weight excluding hydrogens is 363 g/mol. The molecule has 2 heterocycles. The number of benzene rings is 2. The number of pyridine rings is 1. The average Bonchev–Trinajstić information content (AvgIpc) is 2.68. The number of nitrogens with one attached hydrogen (secondary N) is 1. The summed E-state index contributed by atoms with van der Waals surface area (Å²) in [6.45, 7) is 0. The molecule has 5 N–H and O–H groups in total. The first kappa shape index (κ1) is 17.5. The number of hydrogen-bond acceptors (Lipinski definition) is 7. The van der Waals surface area contributed by atoms with Gasteiger partial charge in [-0.1, -0.05) is 0 Å². The Kier molecular flexibility index (Phi) is 3.99. The number of aromatic nitrogens is 3. The second-order valence-corrected chi connectivity index (χ2v) is 6.29. The molecule has 0 saturated carbocycles. The fraction of sp³-hybridized carbons (Fsp3) is 0.105. The molecule has 8 nitrogen and oxygen atoms in total. The van der Waals surface area contributed by atoms with E-state index in [0.29, 0.717) is 38.9 Å². The molecule has 0 fully saturated rings. The van der Waals surface area contributed by atoms with Gasteiger partial charge in [0.2, 0.25) is 5.95 Å². The summed E-state index contributed by atoms with van der Waals surface area (Å²) in [6, 6.07) is 7.49. The van der Waals surface area contributed by atoms with Crippen LogP contribution in [0.3, 0.4) is 0 Å². The highest BCUT2D eigenvalue weighted by molar-refractivity contribution is 6.05. The van der Waals surface area contributed by atoms with Gasteiger partial charge in [-0.05, 0) is 30.3 Å². The molecule has 0 amide bonds. The number of nitrogens with two attached hydrogens (primary N) is 2. The Morgan fingerprint density at radius 2 is 1.93 bits per heavy atom. The number of rotatable bonds is 3. The Morgan fingerprint density at radius 1 is 1.14 bits per heavy atom. The third-order valence-corrected chi connectivity index (χ3v) is 4.54. The Labute approximate surface area is 158 Å². The van der Waals surface area contributed by atoms with E-state index in [1.54, 1.807) is 25.4 Å². The molecule has 0 unspecified atom stereocenters. The van der Waals surface area contributed by atoms with Crippen LogP contribution in [0.1, 0.15) is 0 Å². The topological polar surface area (TPSA) is 121 Å². The molecule has 9 heteroatoms. The van der Waals surface area contributed by atoms with Crippen LogP contribution in [0.4, 0.5) is 27.4 Å². The van der Waals surface area contributed by atoms with Gasteiger partial charge in [0.15, 0.2) is 0 Å². The Morgan fingerprint density at radius 3 is 2.64 bits per heavy atom. The molecule has 2 aromatic carbocycles. The maximum atomic E-state index is 13.4. The highest BCUT2D eigenvalue weighted by Crippen LogP contribution is 2.30. The number of methoxy groups -OCH3 is 1. The first-order chi connectivity index (χ1) is 13.4. The van der Waals surface area contributed by atoms with Crippen LogP contribution >= 0.6 is 0 Å². The summed E-state index contributed by atoms with van der Waals surface area (Å²) >= 11 is 0. The van der Waals surface area contributed by atoms with Crippen molar-refractivity contribution in [3.63, 3.8) is 0 Å². The lowest BCUT2D eigenvalue weighted by Crippen LogP contribution is -2.18. The van der Waals surface area contributed by atoms with Crippen LogP contribution in [0, 0.1) is 5.82 Å². The van der Waals surface area contributed by atoms with Gasteiger partial charge in [-0.2, -0.15) is 0 Å². The Balaban J connectivity index is 1.94. The van der Waals surface area contributed by atoms with Crippen molar-refractivity contribution < 1.29 is 9.13 Å². The summed E-state index contributed by atoms with van der Waals surface area (Å²) in [6.07, 6.45) is 1.54. The first-order valence-corrected chi connectivity index (χ1v) is 8.34. The van der Waals surface area contributed by atoms with Crippen molar-refractivity contribution >= 4 is 44.8 Å². The summed E-state index contributed by atoms with van der Waals surface area (Å²) in [4.78, 5) is 21.5. The predicted molar refractivity (Wildman–Crippen MR) is 107 cm³/mol. The number of nitrogens with zero attached hydrogens (tertiary/aromatic N) is 3. The third kappa shape index (κ3) is 2.73. The van der Waals surface area contributed by atoms with E-state index >= 15 is 0 Å². The summed E-state index contributed by atoms with van der Waals surface area (Å²) < 4.78 is 20.1. The van der Waals surface area contributed by atoms with E-state index in [9.17, 15) is 9.18 Å². The molecule has 0 atom stereocenters. The van der Waals surface area contributed by atoms with E-state index in [1.807, 2.05) is 0 Å². The molecule has 0 aliphatic carbocycles. The minimum Gasteiger partial charge on any atom is -0.495 e. The molecule has 0 bridgehead atoms. The molecule has 142 valence electrons. The fourth-order valence-corrected chi connectivity index (χ4v) is 3.07. The van der Waals surface area contributed by atoms with Crippen LogP contribution in [0.5, 0.6) is 5.75 Å². The van der Waals surface area contributed by atoms with Crippen molar-refractivity contribution in [2.75, 3.05) is 23.9 Å². The molecule has 28 heavy (non-hydrogen) atoms. The van der Waals surface area contributed by atoms with Gasteiger partial charge in [0.25, 0.3) is 5.56 Å². The van der Waals surface area contributed by atoms with Gasteiger partial charge < -0.3 is 26.1 Å². The van der Waals surface area contributed by atoms with Gasteiger partial charge in [0.1, 0.15) is 17.1 Å². The van der Waals surface area contributed by atoms with Crippen molar-refractivity contribution in [1.29, 1.82) is 0 Å². The molecule has 0 aliphatic heterocycles. The smallest absolute Gasteiger partial charge is 0.258 e. The maximum Gasteiger partial charge on any atom is 0.258 e. The predicted octanol–water partition coefficient (Wildman–Crippen LogP) is 2.54. The van der Waals surface area contributed by atoms with Crippen molar-refractivity contribution in [2.24, 2.45) is 7.05 Å². The first-order valence-electron chi connectivity index (χ1n) is 8.34. The van der Waals surface area contributed by atoms with Gasteiger partial charge >= 0.3 is 0 Å². The third-order valence-electron chi connectivity index (χ3n) is 4.54. The minimum atomic E-state index is -0.504. The van der Waals surface area contributed by atoms with Crippen molar-refractivity contribution in [1.82, 2.24) is 14.5 Å². The lowest BCUT2D eigenvalue weighted by Gasteiger charge is -2.12. The second-order valence-electron chi connectivity index (χ2n) is 6.29. The molecule has 0 radical (unpaired) electrons. The number of aryl methyl sites for hydroxylation is 1. The lowest BCUT2D eigenvalue weighted by molar-refractivity contribution is 0.417. The van der Waals surface area contributed by atoms with Crippen LogP contribution in [-0.4, -0.2) is 21.6 Å². The summed E-state index contributed by atoms with van der Waals surface area (Å²) in [5.74, 6) is 0.214. The number of halogens is 1. The van der Waals surface area contributed by atoms with Crippen LogP contribution < -0.4 is 27.1 Å². The van der Waals surface area contributed by atoms with E-state index in [-0.39, 0.29) is 17.2 Å². The van der Waals surface area contributed by atoms with E-state index in [0.717, 1.165) is 0 Å². The van der Waals surface area contributed by atoms with Crippen LogP contribution in [0.2, 0.25) is 0 Å². The van der Waals surface area contributed by atoms with Gasteiger partial charge in [0, 0.05) is 18.1 Å². The van der Waals surface area contributed by atoms with E-state index in [1.165, 1.54) is 29.9 Å². The molecule has 4 rings (SSSR count). The summed E-state index contributed by atoms with van der Waals surface area (Å²) in [5.41, 5.74) is 13.3. The van der Waals surface area contributed by atoms with Crippen molar-refractivity contribution in [2.45, 2.75) is 0 Å². The Bertz CT molecular complexity index is 1300. The summed E-state index contributed by atoms with van der Waals surface area (Å²) in [7, 11) is 3.14. The van der Waals surface area contributed by atoms with Crippen molar-refractivity contribution in [3.05, 3.63) is 52.7 Å². The molecule has 4 aromatic rings. The number of fused-ring (bicyclic) bond motifs is 3. The van der Waals surface area contributed by atoms with Gasteiger partial charge in [-0.25, -0.2) is 14.4 Å². The van der Waals surface area contributed by atoms with E-state index in [4.69, 9.17) is 16.2 Å². The highest BCUT2D eigenvalue weighted by Gasteiger charge is 2.14. The van der Waals surface area contributed by atoms with Gasteiger partial charge in [-0.3, -0.25) is 4.79 Å². The van der Waals surface area contributed by atoms with E-state index < -0.39 is 5.82 Å². The molecule has 2 aromatic heterocycles. The number of nitrogen functional groups attached to an aromatic ring is 2. The number of ether oxygens (including phenoxy) is 1. The zero-order chi connectivity index (χ0) is 20.0. The zero-order valence-electron chi connectivity index (χ0n) is 15.2. The standard InChI is InChI=1S/C19H17FN6O2/c1-26-15-8-23-19(24-9-3-4-12(20)13(21)5-9)25-17(15)10-7-16(28-2)14(22)6-11(10)18(26)27/h3-8H,21-22H2,1-2H3,(H,23,24,25). The van der Waals surface area contributed by atoms with Crippen molar-refractivity contribution in [3.8, 4) is 5.75 Å². The molecule has 0 spiro atoms. The maximum absolute atomic E-state index is 13.4. The number of hydrogen-bond donors (Lipinski definition) is 3. The second kappa shape index (κ2) is 6.38. The van der Waals surface area contributed by atoms with Gasteiger partial charge in [0.05, 0.1) is 35.6 Å². The normalized spacial score (nSPS) is 11.1. The minimum absolute atomic E-state index is 0.0128. The monoisotopic (exact) mass is 380 g/mol. The largest absolute Gasteiger partial charge is 0.495 e. The van der Waals surface area contributed by atoms with Crippen LogP contribution in [0.15, 0.2) is 41.3 Å². The van der Waals surface area contributed by atoms with Gasteiger partial charge in [-0.15, -0.1) is 0 Å². The Hall–Kier alpha value is -3.88. The van der Waals surface area contributed by atoms with E-state index in [2.05, 4.69) is 15.3 Å². The fourth-order valence-electron chi connectivity index (χ4n) is 3.07. The average molecular weight is 380 g/mol. The number of anilines is 4. The molecule has 0 aliphatic rings. The summed E-state index contributed by atoms with van der Waals surface area (Å²) in [5, 5.41) is 4.00. The molecular formula is C19H17FN6O2. The zero-order valence-corrected chi connectivity index (χ0v) is 15.2. The lowest BCUT2D eigenvalue weighted by atomic mass is 10.1.